The third kappa shape index (κ3) is 3.45. The van der Waals surface area contributed by atoms with Crippen molar-refractivity contribution in [3.05, 3.63) is 31.8 Å². The molecule has 1 aromatic carbocycles. The van der Waals surface area contributed by atoms with Gasteiger partial charge in [0.1, 0.15) is 0 Å². The van der Waals surface area contributed by atoms with Gasteiger partial charge in [-0.25, -0.2) is 0 Å². The van der Waals surface area contributed by atoms with Gasteiger partial charge in [0, 0.05) is 26.8 Å². The maximum atomic E-state index is 12.3. The Balaban J connectivity index is 2.14. The van der Waals surface area contributed by atoms with Crippen molar-refractivity contribution in [1.82, 2.24) is 5.32 Å². The second kappa shape index (κ2) is 5.88. The molecular weight excluding hydrogens is 409 g/mol. The summed E-state index contributed by atoms with van der Waals surface area (Å²) in [6.45, 7) is 3.50. The fraction of sp³-hybridized carbons (Fsp3) is 0.462. The van der Waals surface area contributed by atoms with Gasteiger partial charge in [-0.1, -0.05) is 0 Å². The molecule has 0 atom stereocenters. The highest BCUT2D eigenvalue weighted by Crippen LogP contribution is 2.23. The lowest BCUT2D eigenvalue weighted by Crippen LogP contribution is -2.49. The van der Waals surface area contributed by atoms with Crippen LogP contribution >= 0.6 is 38.5 Å². The zero-order valence-corrected chi connectivity index (χ0v) is 13.9. The van der Waals surface area contributed by atoms with Gasteiger partial charge in [-0.15, -0.1) is 0 Å². The highest BCUT2D eigenvalue weighted by atomic mass is 127. The second-order valence-electron chi connectivity index (χ2n) is 4.75. The summed E-state index contributed by atoms with van der Waals surface area (Å²) in [4.78, 5) is 12.3. The number of hydrogen-bond acceptors (Lipinski definition) is 2. The molecular formula is C13H15BrINO2. The maximum absolute atomic E-state index is 12.3. The summed E-state index contributed by atoms with van der Waals surface area (Å²) in [6.07, 6.45) is 1.72. The number of amides is 1. The van der Waals surface area contributed by atoms with Crippen LogP contribution in [0.15, 0.2) is 22.7 Å². The first-order valence-electron chi connectivity index (χ1n) is 5.85. The number of halogens is 2. The van der Waals surface area contributed by atoms with E-state index in [1.54, 1.807) is 0 Å². The van der Waals surface area contributed by atoms with Crippen molar-refractivity contribution in [2.75, 3.05) is 13.2 Å². The number of carbonyl (C=O) groups excluding carboxylic acids is 1. The predicted octanol–water partition coefficient (Wildman–Crippen LogP) is 3.35. The van der Waals surface area contributed by atoms with Gasteiger partial charge in [0.2, 0.25) is 0 Å². The van der Waals surface area contributed by atoms with Gasteiger partial charge in [-0.05, 0) is 76.5 Å². The van der Waals surface area contributed by atoms with E-state index in [0.29, 0.717) is 18.8 Å². The van der Waals surface area contributed by atoms with E-state index < -0.39 is 0 Å². The van der Waals surface area contributed by atoms with Crippen LogP contribution in [0.5, 0.6) is 0 Å². The van der Waals surface area contributed by atoms with Gasteiger partial charge >= 0.3 is 0 Å². The van der Waals surface area contributed by atoms with E-state index in [2.05, 4.69) is 50.8 Å². The number of carbonyl (C=O) groups is 1. The summed E-state index contributed by atoms with van der Waals surface area (Å²) in [5.74, 6) is -0.0233. The molecule has 0 aliphatic carbocycles. The van der Waals surface area contributed by atoms with Gasteiger partial charge < -0.3 is 10.1 Å². The Morgan fingerprint density at radius 1 is 1.44 bits per heavy atom. The smallest absolute Gasteiger partial charge is 0.252 e. The number of ether oxygens (including phenoxy) is 1. The molecule has 5 heteroatoms. The maximum Gasteiger partial charge on any atom is 0.252 e. The fourth-order valence-electron chi connectivity index (χ4n) is 1.96. The van der Waals surface area contributed by atoms with Crippen LogP contribution in [-0.2, 0) is 4.74 Å². The fourth-order valence-corrected chi connectivity index (χ4v) is 2.88. The van der Waals surface area contributed by atoms with Gasteiger partial charge in [0.05, 0.1) is 5.56 Å². The summed E-state index contributed by atoms with van der Waals surface area (Å²) in [5.41, 5.74) is 0.533. The molecule has 0 spiro atoms. The zero-order chi connectivity index (χ0) is 13.2. The van der Waals surface area contributed by atoms with E-state index in [1.165, 1.54) is 0 Å². The Hall–Kier alpha value is -0.140. The van der Waals surface area contributed by atoms with Crippen molar-refractivity contribution in [3.8, 4) is 0 Å². The van der Waals surface area contributed by atoms with Gasteiger partial charge in [-0.2, -0.15) is 0 Å². The van der Waals surface area contributed by atoms with E-state index in [4.69, 9.17) is 4.74 Å². The van der Waals surface area contributed by atoms with Crippen LogP contribution in [0, 0.1) is 3.57 Å². The second-order valence-corrected chi connectivity index (χ2v) is 6.85. The summed E-state index contributed by atoms with van der Waals surface area (Å²) in [5, 5.41) is 3.13. The average molecular weight is 424 g/mol. The number of rotatable bonds is 2. The predicted molar refractivity (Wildman–Crippen MR) is 82.8 cm³/mol. The Morgan fingerprint density at radius 2 is 2.11 bits per heavy atom. The SMILES string of the molecule is CC1(NC(=O)c2cc(I)ccc2Br)CCOCC1. The summed E-state index contributed by atoms with van der Waals surface area (Å²) >= 11 is 5.63. The molecule has 0 aromatic heterocycles. The highest BCUT2D eigenvalue weighted by Gasteiger charge is 2.29. The molecule has 1 amide bonds. The van der Waals surface area contributed by atoms with Crippen LogP contribution in [0.2, 0.25) is 0 Å². The summed E-state index contributed by atoms with van der Waals surface area (Å²) in [7, 11) is 0. The number of nitrogens with one attached hydrogen (secondary N) is 1. The first-order chi connectivity index (χ1) is 8.50. The van der Waals surface area contributed by atoms with Crippen LogP contribution in [0.3, 0.4) is 0 Å². The standard InChI is InChI=1S/C13H15BrINO2/c1-13(4-6-18-7-5-13)16-12(17)10-8-9(15)2-3-11(10)14/h2-3,8H,4-7H2,1H3,(H,16,17). The lowest BCUT2D eigenvalue weighted by atomic mass is 9.92. The van der Waals surface area contributed by atoms with Crippen LogP contribution in [0.4, 0.5) is 0 Å². The van der Waals surface area contributed by atoms with E-state index in [9.17, 15) is 4.79 Å². The van der Waals surface area contributed by atoms with Gasteiger partial charge in [0.15, 0.2) is 0 Å². The lowest BCUT2D eigenvalue weighted by molar-refractivity contribution is 0.0422. The minimum Gasteiger partial charge on any atom is -0.381 e. The first kappa shape index (κ1) is 14.3. The molecule has 1 heterocycles. The third-order valence-electron chi connectivity index (χ3n) is 3.18. The lowest BCUT2D eigenvalue weighted by Gasteiger charge is -2.34. The van der Waals surface area contributed by atoms with Crippen molar-refractivity contribution >= 4 is 44.4 Å². The monoisotopic (exact) mass is 423 g/mol. The average Bonchev–Trinajstić information content (AvgIpc) is 2.32. The third-order valence-corrected chi connectivity index (χ3v) is 4.55. The van der Waals surface area contributed by atoms with Gasteiger partial charge in [-0.3, -0.25) is 4.79 Å². The van der Waals surface area contributed by atoms with E-state index in [0.717, 1.165) is 20.9 Å². The normalized spacial score (nSPS) is 18.4. The molecule has 98 valence electrons. The Kier molecular flexibility index (Phi) is 4.66. The molecule has 1 fully saturated rings. The van der Waals surface area contributed by atoms with Crippen molar-refractivity contribution in [2.24, 2.45) is 0 Å². The van der Waals surface area contributed by atoms with Crippen LogP contribution in [-0.4, -0.2) is 24.7 Å². The molecule has 1 saturated heterocycles. The topological polar surface area (TPSA) is 38.3 Å². The quantitative estimate of drug-likeness (QED) is 0.740. The number of hydrogen-bond donors (Lipinski definition) is 1. The Labute approximate surface area is 129 Å². The van der Waals surface area contributed by atoms with Gasteiger partial charge in [0.25, 0.3) is 5.91 Å². The van der Waals surface area contributed by atoms with Crippen LogP contribution in [0.1, 0.15) is 30.1 Å². The Bertz CT molecular complexity index is 458. The van der Waals surface area contributed by atoms with E-state index >= 15 is 0 Å². The summed E-state index contributed by atoms with van der Waals surface area (Å²) in [6, 6.07) is 5.77. The largest absolute Gasteiger partial charge is 0.381 e. The summed E-state index contributed by atoms with van der Waals surface area (Å²) < 4.78 is 7.22. The van der Waals surface area contributed by atoms with Crippen LogP contribution < -0.4 is 5.32 Å². The minimum absolute atomic E-state index is 0.0233. The molecule has 2 rings (SSSR count). The van der Waals surface area contributed by atoms with E-state index in [1.807, 2.05) is 18.2 Å². The minimum atomic E-state index is -0.157. The van der Waals surface area contributed by atoms with E-state index in [-0.39, 0.29) is 11.4 Å². The molecule has 0 unspecified atom stereocenters. The molecule has 1 aromatic rings. The van der Waals surface area contributed by atoms with Crippen LogP contribution in [0.25, 0.3) is 0 Å². The molecule has 3 nitrogen and oxygen atoms in total. The molecule has 0 bridgehead atoms. The van der Waals surface area contributed by atoms with Crippen molar-refractivity contribution in [3.63, 3.8) is 0 Å². The Morgan fingerprint density at radius 3 is 2.78 bits per heavy atom. The zero-order valence-electron chi connectivity index (χ0n) is 10.1. The molecule has 1 aliphatic heterocycles. The van der Waals surface area contributed by atoms with Crippen molar-refractivity contribution < 1.29 is 9.53 Å². The molecule has 0 radical (unpaired) electrons. The highest BCUT2D eigenvalue weighted by molar-refractivity contribution is 14.1. The number of benzene rings is 1. The molecule has 0 saturated carbocycles. The first-order valence-corrected chi connectivity index (χ1v) is 7.73. The molecule has 1 N–H and O–H groups in total. The van der Waals surface area contributed by atoms with Crippen molar-refractivity contribution in [2.45, 2.75) is 25.3 Å². The van der Waals surface area contributed by atoms with Crippen molar-refractivity contribution in [1.29, 1.82) is 0 Å². The molecule has 18 heavy (non-hydrogen) atoms. The molecule has 1 aliphatic rings.